The molecule has 142 valence electrons. The molecule has 0 saturated carbocycles. The number of rotatable bonds is 5. The van der Waals surface area contributed by atoms with Gasteiger partial charge < -0.3 is 10.6 Å². The second-order valence-electron chi connectivity index (χ2n) is 6.94. The third-order valence-electron chi connectivity index (χ3n) is 4.73. The summed E-state index contributed by atoms with van der Waals surface area (Å²) in [5.41, 5.74) is 2.67. The summed E-state index contributed by atoms with van der Waals surface area (Å²) in [6, 6.07) is 15.2. The van der Waals surface area contributed by atoms with Gasteiger partial charge in [0.25, 0.3) is 0 Å². The zero-order valence-electron chi connectivity index (χ0n) is 15.4. The Balaban J connectivity index is 1.52. The van der Waals surface area contributed by atoms with E-state index in [0.29, 0.717) is 13.1 Å². The molecule has 2 N–H and O–H groups in total. The fourth-order valence-corrected chi connectivity index (χ4v) is 3.55. The molecule has 0 spiro atoms. The lowest BCUT2D eigenvalue weighted by atomic mass is 9.97. The second kappa shape index (κ2) is 9.15. The van der Waals surface area contributed by atoms with E-state index in [-0.39, 0.29) is 17.7 Å². The first-order chi connectivity index (χ1) is 13.0. The minimum atomic E-state index is -0.0957. The van der Waals surface area contributed by atoms with E-state index in [1.807, 2.05) is 55.5 Å². The van der Waals surface area contributed by atoms with Crippen molar-refractivity contribution >= 4 is 39.1 Å². The van der Waals surface area contributed by atoms with Gasteiger partial charge >= 0.3 is 0 Å². The fraction of sp³-hybridized carbons (Fsp3) is 0.333. The smallest absolute Gasteiger partial charge is 0.238 e. The van der Waals surface area contributed by atoms with E-state index in [1.54, 1.807) is 0 Å². The van der Waals surface area contributed by atoms with Crippen molar-refractivity contribution in [3.63, 3.8) is 0 Å². The molecule has 0 radical (unpaired) electrons. The second-order valence-corrected chi connectivity index (χ2v) is 7.80. The molecule has 1 heterocycles. The van der Waals surface area contributed by atoms with Gasteiger partial charge in [-0.25, -0.2) is 0 Å². The predicted octanol–water partition coefficient (Wildman–Crippen LogP) is 4.05. The molecule has 2 amide bonds. The third kappa shape index (κ3) is 5.65. The molecule has 2 aromatic rings. The number of likely N-dealkylation sites (tertiary alicyclic amines) is 1. The number of aryl methyl sites for hydroxylation is 1. The van der Waals surface area contributed by atoms with Gasteiger partial charge in [0, 0.05) is 22.4 Å². The van der Waals surface area contributed by atoms with Crippen LogP contribution in [0.5, 0.6) is 0 Å². The Morgan fingerprint density at radius 3 is 2.63 bits per heavy atom. The van der Waals surface area contributed by atoms with E-state index in [4.69, 9.17) is 0 Å². The molecular weight excluding hydrogens is 406 g/mol. The molecule has 0 unspecified atom stereocenters. The summed E-state index contributed by atoms with van der Waals surface area (Å²) in [5, 5.41) is 5.91. The highest BCUT2D eigenvalue weighted by Gasteiger charge is 2.26. The molecule has 1 aliphatic rings. The third-order valence-corrected chi connectivity index (χ3v) is 5.62. The first-order valence-corrected chi connectivity index (χ1v) is 9.95. The maximum Gasteiger partial charge on any atom is 0.238 e. The lowest BCUT2D eigenvalue weighted by Crippen LogP contribution is -2.43. The standard InChI is InChI=1S/C21H24BrN3O2/c1-15-12-18(9-10-19(15)22)23-20(26)14-25-11-5-6-16(13-25)21(27)24-17-7-3-2-4-8-17/h2-4,7-10,12,16H,5-6,11,13-14H2,1H3,(H,23,26)(H,24,27)/t16-/m0/s1. The van der Waals surface area contributed by atoms with Gasteiger partial charge in [-0.1, -0.05) is 34.1 Å². The van der Waals surface area contributed by atoms with Crippen molar-refractivity contribution in [1.82, 2.24) is 4.90 Å². The van der Waals surface area contributed by atoms with Crippen LogP contribution in [-0.4, -0.2) is 36.3 Å². The van der Waals surface area contributed by atoms with E-state index in [0.717, 1.165) is 40.8 Å². The lowest BCUT2D eigenvalue weighted by Gasteiger charge is -2.31. The molecule has 1 atom stereocenters. The molecule has 0 aromatic heterocycles. The number of piperidine rings is 1. The molecule has 0 aliphatic carbocycles. The van der Waals surface area contributed by atoms with Crippen LogP contribution in [0.1, 0.15) is 18.4 Å². The van der Waals surface area contributed by atoms with E-state index >= 15 is 0 Å². The Hall–Kier alpha value is -2.18. The van der Waals surface area contributed by atoms with E-state index in [1.165, 1.54) is 0 Å². The summed E-state index contributed by atoms with van der Waals surface area (Å²) in [4.78, 5) is 27.0. The Kier molecular flexibility index (Phi) is 6.63. The van der Waals surface area contributed by atoms with Crippen molar-refractivity contribution in [3.05, 3.63) is 58.6 Å². The van der Waals surface area contributed by atoms with Crippen LogP contribution in [0.15, 0.2) is 53.0 Å². The number of carbonyl (C=O) groups is 2. The first kappa shape index (κ1) is 19.6. The molecule has 1 aliphatic heterocycles. The number of carbonyl (C=O) groups excluding carboxylic acids is 2. The Morgan fingerprint density at radius 1 is 1.11 bits per heavy atom. The minimum Gasteiger partial charge on any atom is -0.326 e. The summed E-state index contributed by atoms with van der Waals surface area (Å²) in [6.07, 6.45) is 1.76. The number of nitrogens with one attached hydrogen (secondary N) is 2. The van der Waals surface area contributed by atoms with Gasteiger partial charge in [-0.15, -0.1) is 0 Å². The van der Waals surface area contributed by atoms with Gasteiger partial charge in [-0.3, -0.25) is 14.5 Å². The molecule has 1 fully saturated rings. The summed E-state index contributed by atoms with van der Waals surface area (Å²) in [6.45, 7) is 3.72. The highest BCUT2D eigenvalue weighted by molar-refractivity contribution is 9.10. The monoisotopic (exact) mass is 429 g/mol. The quantitative estimate of drug-likeness (QED) is 0.753. The maximum absolute atomic E-state index is 12.5. The van der Waals surface area contributed by atoms with Crippen molar-refractivity contribution in [2.24, 2.45) is 5.92 Å². The molecule has 3 rings (SSSR count). The summed E-state index contributed by atoms with van der Waals surface area (Å²) < 4.78 is 1.02. The first-order valence-electron chi connectivity index (χ1n) is 9.15. The topological polar surface area (TPSA) is 61.4 Å². The number of para-hydroxylation sites is 1. The SMILES string of the molecule is Cc1cc(NC(=O)CN2CCC[C@H](C(=O)Nc3ccccc3)C2)ccc1Br. The van der Waals surface area contributed by atoms with Crippen LogP contribution in [0.3, 0.4) is 0 Å². The van der Waals surface area contributed by atoms with Crippen LogP contribution >= 0.6 is 15.9 Å². The molecule has 27 heavy (non-hydrogen) atoms. The highest BCUT2D eigenvalue weighted by Crippen LogP contribution is 2.21. The van der Waals surface area contributed by atoms with E-state index in [2.05, 4.69) is 31.5 Å². The van der Waals surface area contributed by atoms with Crippen LogP contribution in [0.4, 0.5) is 11.4 Å². The Labute approximate surface area is 168 Å². The number of hydrogen-bond donors (Lipinski definition) is 2. The minimum absolute atomic E-state index is 0.0230. The molecule has 0 bridgehead atoms. The Morgan fingerprint density at radius 2 is 1.89 bits per heavy atom. The van der Waals surface area contributed by atoms with Crippen LogP contribution in [0, 0.1) is 12.8 Å². The largest absolute Gasteiger partial charge is 0.326 e. The molecule has 6 heteroatoms. The van der Waals surface area contributed by atoms with Crippen LogP contribution in [0.25, 0.3) is 0 Å². The van der Waals surface area contributed by atoms with Crippen molar-refractivity contribution in [2.75, 3.05) is 30.3 Å². The number of hydrogen-bond acceptors (Lipinski definition) is 3. The van der Waals surface area contributed by atoms with E-state index in [9.17, 15) is 9.59 Å². The molecule has 1 saturated heterocycles. The van der Waals surface area contributed by atoms with Crippen LogP contribution < -0.4 is 10.6 Å². The van der Waals surface area contributed by atoms with E-state index < -0.39 is 0 Å². The summed E-state index contributed by atoms with van der Waals surface area (Å²) >= 11 is 3.46. The van der Waals surface area contributed by atoms with Gasteiger partial charge in [-0.05, 0) is 62.2 Å². The molecular formula is C21H24BrN3O2. The van der Waals surface area contributed by atoms with Crippen LogP contribution in [0.2, 0.25) is 0 Å². The van der Waals surface area contributed by atoms with Gasteiger partial charge in [0.1, 0.15) is 0 Å². The molecule has 2 aromatic carbocycles. The highest BCUT2D eigenvalue weighted by atomic mass is 79.9. The number of amides is 2. The summed E-state index contributed by atoms with van der Waals surface area (Å²) in [7, 11) is 0. The van der Waals surface area contributed by atoms with Crippen molar-refractivity contribution in [2.45, 2.75) is 19.8 Å². The predicted molar refractivity (Wildman–Crippen MR) is 112 cm³/mol. The average Bonchev–Trinajstić information content (AvgIpc) is 2.66. The molecule has 5 nitrogen and oxygen atoms in total. The number of nitrogens with zero attached hydrogens (tertiary/aromatic N) is 1. The zero-order chi connectivity index (χ0) is 19.2. The van der Waals surface area contributed by atoms with Crippen LogP contribution in [-0.2, 0) is 9.59 Å². The maximum atomic E-state index is 12.5. The zero-order valence-corrected chi connectivity index (χ0v) is 17.0. The van der Waals surface area contributed by atoms with Crippen molar-refractivity contribution < 1.29 is 9.59 Å². The number of anilines is 2. The number of benzene rings is 2. The van der Waals surface area contributed by atoms with Gasteiger partial charge in [0.2, 0.25) is 11.8 Å². The van der Waals surface area contributed by atoms with Crippen molar-refractivity contribution in [3.8, 4) is 0 Å². The normalized spacial score (nSPS) is 17.3. The van der Waals surface area contributed by atoms with Crippen molar-refractivity contribution in [1.29, 1.82) is 0 Å². The average molecular weight is 430 g/mol. The summed E-state index contributed by atoms with van der Waals surface area (Å²) in [5.74, 6) is -0.127. The van der Waals surface area contributed by atoms with Gasteiger partial charge in [0.05, 0.1) is 12.5 Å². The van der Waals surface area contributed by atoms with Gasteiger partial charge in [-0.2, -0.15) is 0 Å². The fourth-order valence-electron chi connectivity index (χ4n) is 3.31. The Bertz CT molecular complexity index is 810. The lowest BCUT2D eigenvalue weighted by molar-refractivity contribution is -0.123. The number of halogens is 1. The van der Waals surface area contributed by atoms with Gasteiger partial charge in [0.15, 0.2) is 0 Å².